The highest BCUT2D eigenvalue weighted by molar-refractivity contribution is 5.89. The van der Waals surface area contributed by atoms with Gasteiger partial charge in [-0.15, -0.1) is 0 Å². The van der Waals surface area contributed by atoms with Crippen molar-refractivity contribution in [2.45, 2.75) is 63.1 Å². The van der Waals surface area contributed by atoms with Crippen LogP contribution in [-0.2, 0) is 33.4 Å². The minimum atomic E-state index is -4.86. The maximum atomic E-state index is 16.1. The molecule has 2 heterocycles. The Morgan fingerprint density at radius 2 is 1.62 bits per heavy atom. The van der Waals surface area contributed by atoms with Crippen LogP contribution in [0.5, 0.6) is 11.6 Å². The maximum absolute atomic E-state index is 16.1. The first kappa shape index (κ1) is 36.4. The van der Waals surface area contributed by atoms with E-state index in [-0.39, 0.29) is 42.0 Å². The fourth-order valence-corrected chi connectivity index (χ4v) is 5.96. The molecule has 13 heteroatoms. The lowest BCUT2D eigenvalue weighted by Gasteiger charge is -2.37. The van der Waals surface area contributed by atoms with Crippen molar-refractivity contribution in [2.75, 3.05) is 13.7 Å². The number of ether oxygens (including phenoxy) is 5. The number of carbonyl (C=O) groups is 2. The third-order valence-electron chi connectivity index (χ3n) is 8.62. The molecule has 2 aliphatic rings. The molecule has 0 amide bonds. The molecule has 52 heavy (non-hydrogen) atoms. The maximum Gasteiger partial charge on any atom is 0.435 e. The van der Waals surface area contributed by atoms with Crippen molar-refractivity contribution in [1.29, 1.82) is 0 Å². The van der Waals surface area contributed by atoms with Gasteiger partial charge in [0, 0.05) is 6.42 Å². The zero-order chi connectivity index (χ0) is 36.7. The minimum Gasteiger partial charge on any atom is -0.497 e. The van der Waals surface area contributed by atoms with Crippen LogP contribution in [-0.4, -0.2) is 60.1 Å². The molecule has 1 aliphatic heterocycles. The van der Waals surface area contributed by atoms with Gasteiger partial charge in [-0.05, 0) is 60.4 Å². The summed E-state index contributed by atoms with van der Waals surface area (Å²) >= 11 is 0. The molecule has 272 valence electrons. The average molecular weight is 721 g/mol. The number of hydrogen-bond acceptors (Lipinski definition) is 8. The van der Waals surface area contributed by atoms with E-state index in [0.29, 0.717) is 24.2 Å². The topological polar surface area (TPSA) is 98.1 Å². The molecule has 0 N–H and O–H groups in total. The van der Waals surface area contributed by atoms with E-state index in [1.54, 1.807) is 60.7 Å². The summed E-state index contributed by atoms with van der Waals surface area (Å²) in [5.74, 6) is -1.29. The van der Waals surface area contributed by atoms with Gasteiger partial charge in [0.05, 0.1) is 36.8 Å². The van der Waals surface area contributed by atoms with Gasteiger partial charge >= 0.3 is 18.1 Å². The van der Waals surface area contributed by atoms with Crippen LogP contribution in [0.4, 0.5) is 17.6 Å². The molecule has 1 aliphatic carbocycles. The summed E-state index contributed by atoms with van der Waals surface area (Å²) in [5.41, 5.74) is 0.297. The Morgan fingerprint density at radius 1 is 0.942 bits per heavy atom. The van der Waals surface area contributed by atoms with Gasteiger partial charge in [-0.1, -0.05) is 66.8 Å². The van der Waals surface area contributed by atoms with Crippen molar-refractivity contribution in [3.05, 3.63) is 137 Å². The van der Waals surface area contributed by atoms with E-state index < -0.39 is 55.1 Å². The van der Waals surface area contributed by atoms with Gasteiger partial charge in [0.2, 0.25) is 12.2 Å². The first-order valence-electron chi connectivity index (χ1n) is 16.7. The van der Waals surface area contributed by atoms with Crippen LogP contribution >= 0.6 is 0 Å². The first-order valence-corrected chi connectivity index (χ1v) is 16.7. The van der Waals surface area contributed by atoms with Crippen molar-refractivity contribution in [2.24, 2.45) is 0 Å². The number of nitrogens with zero attached hydrogens (tertiary/aromatic N) is 2. The van der Waals surface area contributed by atoms with Crippen molar-refractivity contribution in [3.63, 3.8) is 0 Å². The van der Waals surface area contributed by atoms with Crippen LogP contribution < -0.4 is 9.47 Å². The largest absolute Gasteiger partial charge is 0.497 e. The number of hydrogen-bond donors (Lipinski definition) is 0. The molecule has 6 rings (SSSR count). The highest BCUT2D eigenvalue weighted by Gasteiger charge is 2.45. The molecular formula is C39H36F4N2O7. The SMILES string of the molecule is COc1ccc(Cc2c(C(F)(F)F)nn(CC3=CC=CCC3)c2O[C@H]2C[C@@H](OC(=O)c3ccccc3)[C@H](F)[C@@H](COC(=O)c3ccccc3)O2)cc1. The number of esters is 2. The zero-order valence-electron chi connectivity index (χ0n) is 28.1. The highest BCUT2D eigenvalue weighted by atomic mass is 19.4. The lowest BCUT2D eigenvalue weighted by atomic mass is 10.0. The summed E-state index contributed by atoms with van der Waals surface area (Å²) in [6.07, 6.45) is -4.98. The predicted octanol–water partition coefficient (Wildman–Crippen LogP) is 7.69. The molecule has 1 aromatic heterocycles. The number of carbonyl (C=O) groups excluding carboxylic acids is 2. The molecule has 1 saturated heterocycles. The summed E-state index contributed by atoms with van der Waals surface area (Å²) in [7, 11) is 1.48. The van der Waals surface area contributed by atoms with Crippen LogP contribution in [0, 0.1) is 0 Å². The van der Waals surface area contributed by atoms with Gasteiger partial charge in [0.1, 0.15) is 24.6 Å². The fourth-order valence-electron chi connectivity index (χ4n) is 5.96. The van der Waals surface area contributed by atoms with Crippen LogP contribution in [0.2, 0.25) is 0 Å². The van der Waals surface area contributed by atoms with E-state index in [2.05, 4.69) is 5.10 Å². The summed E-state index contributed by atoms with van der Waals surface area (Å²) in [4.78, 5) is 25.8. The molecule has 1 fully saturated rings. The summed E-state index contributed by atoms with van der Waals surface area (Å²) in [6, 6.07) is 22.5. The molecule has 0 spiro atoms. The second-order valence-corrected chi connectivity index (χ2v) is 12.3. The lowest BCUT2D eigenvalue weighted by molar-refractivity contribution is -0.216. The van der Waals surface area contributed by atoms with E-state index >= 15 is 4.39 Å². The second-order valence-electron chi connectivity index (χ2n) is 12.3. The van der Waals surface area contributed by atoms with Gasteiger partial charge in [-0.25, -0.2) is 18.7 Å². The Balaban J connectivity index is 1.34. The second kappa shape index (κ2) is 16.3. The van der Waals surface area contributed by atoms with Crippen LogP contribution in [0.25, 0.3) is 0 Å². The van der Waals surface area contributed by atoms with Gasteiger partial charge in [-0.3, -0.25) is 0 Å². The van der Waals surface area contributed by atoms with Crippen LogP contribution in [0.15, 0.2) is 109 Å². The third kappa shape index (κ3) is 8.89. The summed E-state index contributed by atoms with van der Waals surface area (Å²) in [5, 5.41) is 4.00. The number of halogens is 4. The molecule has 0 unspecified atom stereocenters. The van der Waals surface area contributed by atoms with Crippen molar-refractivity contribution in [3.8, 4) is 11.6 Å². The number of allylic oxidation sites excluding steroid dienone is 4. The van der Waals surface area contributed by atoms with Gasteiger partial charge in [-0.2, -0.15) is 18.3 Å². The monoisotopic (exact) mass is 720 g/mol. The highest BCUT2D eigenvalue weighted by Crippen LogP contribution is 2.39. The summed E-state index contributed by atoms with van der Waals surface area (Å²) < 4.78 is 89.6. The number of methoxy groups -OCH3 is 1. The Hall–Kier alpha value is -5.43. The van der Waals surface area contributed by atoms with Crippen LogP contribution in [0.3, 0.4) is 0 Å². The molecule has 4 aromatic rings. The number of alkyl halides is 4. The fraction of sp³-hybridized carbons (Fsp3) is 0.308. The van der Waals surface area contributed by atoms with Gasteiger partial charge in [0.25, 0.3) is 0 Å². The van der Waals surface area contributed by atoms with E-state index in [4.69, 9.17) is 23.7 Å². The standard InChI is InChI=1S/C39H36F4N2O7/c1-48-29-19-17-25(18-20-29)21-30-35(39(41,42)43)44-45(23-26-11-5-2-6-12-26)36(30)52-33-22-31(51-38(47)28-15-9-4-10-16-28)34(40)32(50-33)24-49-37(46)27-13-7-3-8-14-27/h2-5,7-11,13-20,31-34H,6,12,21-24H2,1H3/t31-,32-,33+,34+/m1/s1. The zero-order valence-corrected chi connectivity index (χ0v) is 28.1. The molecular weight excluding hydrogens is 684 g/mol. The smallest absolute Gasteiger partial charge is 0.435 e. The molecule has 0 saturated carbocycles. The van der Waals surface area contributed by atoms with Crippen molar-refractivity contribution in [1.82, 2.24) is 9.78 Å². The Kier molecular flexibility index (Phi) is 11.4. The van der Waals surface area contributed by atoms with Gasteiger partial charge < -0.3 is 23.7 Å². The van der Waals surface area contributed by atoms with Gasteiger partial charge in [0.15, 0.2) is 11.9 Å². The van der Waals surface area contributed by atoms with Crippen molar-refractivity contribution >= 4 is 11.9 Å². The Morgan fingerprint density at radius 3 is 2.23 bits per heavy atom. The van der Waals surface area contributed by atoms with E-state index in [0.717, 1.165) is 10.3 Å². The molecule has 0 radical (unpaired) electrons. The molecule has 3 aromatic carbocycles. The van der Waals surface area contributed by atoms with Crippen molar-refractivity contribution < 1.29 is 50.8 Å². The number of aromatic nitrogens is 2. The Labute approximate surface area is 297 Å². The lowest BCUT2D eigenvalue weighted by Crippen LogP contribution is -2.51. The van der Waals surface area contributed by atoms with E-state index in [1.807, 2.05) is 18.2 Å². The molecule has 9 nitrogen and oxygen atoms in total. The molecule has 4 atom stereocenters. The number of benzene rings is 3. The number of rotatable bonds is 12. The summed E-state index contributed by atoms with van der Waals surface area (Å²) in [6.45, 7) is -0.618. The average Bonchev–Trinajstić information content (AvgIpc) is 3.49. The van der Waals surface area contributed by atoms with E-state index in [1.165, 1.54) is 31.4 Å². The normalized spacial score (nSPS) is 20.1. The van der Waals surface area contributed by atoms with E-state index in [9.17, 15) is 22.8 Å². The first-order chi connectivity index (χ1) is 25.1. The quantitative estimate of drug-likeness (QED) is 0.109. The molecule has 0 bridgehead atoms. The third-order valence-corrected chi connectivity index (χ3v) is 8.62. The predicted molar refractivity (Wildman–Crippen MR) is 181 cm³/mol. The van der Waals surface area contributed by atoms with Crippen LogP contribution in [0.1, 0.15) is 56.8 Å². The minimum absolute atomic E-state index is 0.0195. The Bertz CT molecular complexity index is 1890.